The highest BCUT2D eigenvalue weighted by Crippen LogP contribution is 2.08. The summed E-state index contributed by atoms with van der Waals surface area (Å²) in [6, 6.07) is 14.9. The van der Waals surface area contributed by atoms with Crippen LogP contribution in [0, 0.1) is 17.1 Å². The van der Waals surface area contributed by atoms with E-state index in [0.29, 0.717) is 17.8 Å². The van der Waals surface area contributed by atoms with Crippen molar-refractivity contribution < 1.29 is 9.18 Å². The van der Waals surface area contributed by atoms with E-state index in [0.717, 1.165) is 5.56 Å². The first kappa shape index (κ1) is 14.7. The maximum absolute atomic E-state index is 13.0. The fourth-order valence-electron chi connectivity index (χ4n) is 1.79. The van der Waals surface area contributed by atoms with E-state index in [1.165, 1.54) is 18.2 Å². The van der Waals surface area contributed by atoms with Gasteiger partial charge in [0.2, 0.25) is 5.91 Å². The van der Waals surface area contributed by atoms with E-state index < -0.39 is 5.82 Å². The average molecular weight is 283 g/mol. The molecule has 0 aromatic heterocycles. The van der Waals surface area contributed by atoms with Gasteiger partial charge in [0, 0.05) is 12.2 Å². The molecule has 0 radical (unpaired) electrons. The zero-order chi connectivity index (χ0) is 15.1. The number of rotatable bonds is 5. The molecule has 0 unspecified atom stereocenters. The highest BCUT2D eigenvalue weighted by molar-refractivity contribution is 5.92. The molecule has 2 N–H and O–H groups in total. The van der Waals surface area contributed by atoms with E-state index in [-0.39, 0.29) is 12.5 Å². The summed E-state index contributed by atoms with van der Waals surface area (Å²) in [5, 5.41) is 14.3. The molecule has 0 saturated heterocycles. The molecule has 1 amide bonds. The van der Waals surface area contributed by atoms with Gasteiger partial charge in [0.15, 0.2) is 0 Å². The summed E-state index contributed by atoms with van der Waals surface area (Å²) in [4.78, 5) is 11.7. The highest BCUT2D eigenvalue weighted by atomic mass is 19.1. The molecule has 2 aromatic carbocycles. The SMILES string of the molecule is N#Cc1ccc(CNCC(=O)Nc2cccc(F)c2)cc1. The van der Waals surface area contributed by atoms with Gasteiger partial charge < -0.3 is 10.6 Å². The van der Waals surface area contributed by atoms with Crippen molar-refractivity contribution in [3.8, 4) is 6.07 Å². The molecule has 0 heterocycles. The molecule has 5 heteroatoms. The van der Waals surface area contributed by atoms with Gasteiger partial charge in [0.25, 0.3) is 0 Å². The second-order valence-electron chi connectivity index (χ2n) is 4.47. The molecule has 0 aliphatic carbocycles. The number of nitrogens with zero attached hydrogens (tertiary/aromatic N) is 1. The molecular weight excluding hydrogens is 269 g/mol. The van der Waals surface area contributed by atoms with Gasteiger partial charge in [-0.3, -0.25) is 4.79 Å². The molecule has 2 rings (SSSR count). The van der Waals surface area contributed by atoms with Crippen molar-refractivity contribution in [2.45, 2.75) is 6.54 Å². The topological polar surface area (TPSA) is 64.9 Å². The van der Waals surface area contributed by atoms with Crippen LogP contribution in [0.1, 0.15) is 11.1 Å². The van der Waals surface area contributed by atoms with Crippen LogP contribution < -0.4 is 10.6 Å². The molecule has 0 bridgehead atoms. The number of hydrogen-bond acceptors (Lipinski definition) is 3. The summed E-state index contributed by atoms with van der Waals surface area (Å²) in [6.07, 6.45) is 0. The number of halogens is 1. The van der Waals surface area contributed by atoms with Crippen molar-refractivity contribution in [3.63, 3.8) is 0 Å². The summed E-state index contributed by atoms with van der Waals surface area (Å²) in [5.41, 5.74) is 2.01. The minimum absolute atomic E-state index is 0.122. The van der Waals surface area contributed by atoms with Gasteiger partial charge in [-0.25, -0.2) is 4.39 Å². The van der Waals surface area contributed by atoms with Crippen LogP contribution in [0.15, 0.2) is 48.5 Å². The predicted octanol–water partition coefficient (Wildman–Crippen LogP) is 2.43. The fourth-order valence-corrected chi connectivity index (χ4v) is 1.79. The Hall–Kier alpha value is -2.71. The Balaban J connectivity index is 1.77. The van der Waals surface area contributed by atoms with Gasteiger partial charge in [-0.1, -0.05) is 18.2 Å². The van der Waals surface area contributed by atoms with Crippen molar-refractivity contribution in [1.82, 2.24) is 5.32 Å². The second kappa shape index (κ2) is 7.17. The molecule has 4 nitrogen and oxygen atoms in total. The maximum Gasteiger partial charge on any atom is 0.238 e. The lowest BCUT2D eigenvalue weighted by atomic mass is 10.1. The number of nitriles is 1. The van der Waals surface area contributed by atoms with Crippen LogP contribution in [-0.2, 0) is 11.3 Å². The summed E-state index contributed by atoms with van der Waals surface area (Å²) >= 11 is 0. The quantitative estimate of drug-likeness (QED) is 0.885. The van der Waals surface area contributed by atoms with Crippen molar-refractivity contribution in [1.29, 1.82) is 5.26 Å². The average Bonchev–Trinajstić information content (AvgIpc) is 2.48. The lowest BCUT2D eigenvalue weighted by Crippen LogP contribution is -2.27. The first-order valence-corrected chi connectivity index (χ1v) is 6.42. The highest BCUT2D eigenvalue weighted by Gasteiger charge is 2.03. The van der Waals surface area contributed by atoms with E-state index in [9.17, 15) is 9.18 Å². The maximum atomic E-state index is 13.0. The Kier molecular flexibility index (Phi) is 5.02. The number of carbonyl (C=O) groups is 1. The third-order valence-electron chi connectivity index (χ3n) is 2.81. The summed E-state index contributed by atoms with van der Waals surface area (Å²) in [7, 11) is 0. The van der Waals surface area contributed by atoms with Crippen LogP contribution in [0.5, 0.6) is 0 Å². The molecule has 0 aliphatic heterocycles. The van der Waals surface area contributed by atoms with E-state index >= 15 is 0 Å². The normalized spacial score (nSPS) is 9.90. The molecule has 0 spiro atoms. The molecule has 21 heavy (non-hydrogen) atoms. The van der Waals surface area contributed by atoms with Crippen LogP contribution in [-0.4, -0.2) is 12.5 Å². The van der Waals surface area contributed by atoms with Crippen molar-refractivity contribution >= 4 is 11.6 Å². The van der Waals surface area contributed by atoms with Crippen LogP contribution in [0.4, 0.5) is 10.1 Å². The number of hydrogen-bond donors (Lipinski definition) is 2. The lowest BCUT2D eigenvalue weighted by molar-refractivity contribution is -0.115. The Morgan fingerprint density at radius 3 is 2.62 bits per heavy atom. The van der Waals surface area contributed by atoms with Crippen molar-refractivity contribution in [2.24, 2.45) is 0 Å². The minimum Gasteiger partial charge on any atom is -0.325 e. The third kappa shape index (κ3) is 4.71. The van der Waals surface area contributed by atoms with Gasteiger partial charge in [-0.15, -0.1) is 0 Å². The molecule has 0 aliphatic rings. The number of carbonyl (C=O) groups excluding carboxylic acids is 1. The third-order valence-corrected chi connectivity index (χ3v) is 2.81. The van der Waals surface area contributed by atoms with E-state index in [1.807, 2.05) is 18.2 Å². The fraction of sp³-hybridized carbons (Fsp3) is 0.125. The summed E-state index contributed by atoms with van der Waals surface area (Å²) in [6.45, 7) is 0.638. The van der Waals surface area contributed by atoms with Crippen LogP contribution in [0.2, 0.25) is 0 Å². The van der Waals surface area contributed by atoms with Gasteiger partial charge in [-0.2, -0.15) is 5.26 Å². The Bertz CT molecular complexity index is 662. The van der Waals surface area contributed by atoms with Crippen LogP contribution >= 0.6 is 0 Å². The van der Waals surface area contributed by atoms with E-state index in [2.05, 4.69) is 10.6 Å². The zero-order valence-electron chi connectivity index (χ0n) is 11.3. The summed E-state index contributed by atoms with van der Waals surface area (Å²) < 4.78 is 13.0. The Morgan fingerprint density at radius 2 is 1.95 bits per heavy atom. The number of anilines is 1. The molecule has 0 saturated carbocycles. The molecule has 0 fully saturated rings. The van der Waals surface area contributed by atoms with Gasteiger partial charge >= 0.3 is 0 Å². The van der Waals surface area contributed by atoms with Crippen LogP contribution in [0.3, 0.4) is 0 Å². The van der Waals surface area contributed by atoms with Gasteiger partial charge in [-0.05, 0) is 35.9 Å². The lowest BCUT2D eigenvalue weighted by Gasteiger charge is -2.07. The summed E-state index contributed by atoms with van der Waals surface area (Å²) in [5.74, 6) is -0.632. The smallest absolute Gasteiger partial charge is 0.238 e. The Morgan fingerprint density at radius 1 is 1.19 bits per heavy atom. The Labute approximate surface area is 122 Å². The first-order valence-electron chi connectivity index (χ1n) is 6.42. The molecule has 0 atom stereocenters. The van der Waals surface area contributed by atoms with Crippen molar-refractivity contribution in [3.05, 3.63) is 65.5 Å². The monoisotopic (exact) mass is 283 g/mol. The predicted molar refractivity (Wildman–Crippen MR) is 77.9 cm³/mol. The minimum atomic E-state index is -0.390. The second-order valence-corrected chi connectivity index (χ2v) is 4.47. The zero-order valence-corrected chi connectivity index (χ0v) is 11.3. The first-order chi connectivity index (χ1) is 10.2. The molecule has 106 valence electrons. The standard InChI is InChI=1S/C16H14FN3O/c17-14-2-1-3-15(8-14)20-16(21)11-19-10-13-6-4-12(9-18)5-7-13/h1-8,19H,10-11H2,(H,20,21). The number of benzene rings is 2. The molecule has 2 aromatic rings. The number of amides is 1. The molecular formula is C16H14FN3O. The van der Waals surface area contributed by atoms with Crippen molar-refractivity contribution in [2.75, 3.05) is 11.9 Å². The largest absolute Gasteiger partial charge is 0.325 e. The van der Waals surface area contributed by atoms with Gasteiger partial charge in [0.05, 0.1) is 18.2 Å². The van der Waals surface area contributed by atoms with E-state index in [4.69, 9.17) is 5.26 Å². The van der Waals surface area contributed by atoms with Crippen LogP contribution in [0.25, 0.3) is 0 Å². The number of nitrogens with one attached hydrogen (secondary N) is 2. The van der Waals surface area contributed by atoms with E-state index in [1.54, 1.807) is 18.2 Å². The van der Waals surface area contributed by atoms with Gasteiger partial charge in [0.1, 0.15) is 5.82 Å².